The molecule has 5 rings (SSSR count). The topological polar surface area (TPSA) is 58.4 Å². The Balaban J connectivity index is 1.46. The van der Waals surface area contributed by atoms with E-state index in [2.05, 4.69) is 15.2 Å². The minimum absolute atomic E-state index is 0.152. The average molecular weight is 357 g/mol. The number of rotatable bonds is 3. The van der Waals surface area contributed by atoms with Gasteiger partial charge < -0.3 is 14.6 Å². The summed E-state index contributed by atoms with van der Waals surface area (Å²) in [7, 11) is 0. The van der Waals surface area contributed by atoms with E-state index in [-0.39, 0.29) is 5.91 Å². The molecule has 0 aliphatic carbocycles. The smallest absolute Gasteiger partial charge is 0.259 e. The molecule has 0 bridgehead atoms. The molecule has 2 aromatic carbocycles. The van der Waals surface area contributed by atoms with Crippen LogP contribution >= 0.6 is 0 Å². The Morgan fingerprint density at radius 2 is 1.78 bits per heavy atom. The van der Waals surface area contributed by atoms with Crippen molar-refractivity contribution < 1.29 is 9.21 Å². The number of pyridine rings is 1. The van der Waals surface area contributed by atoms with E-state index in [1.54, 1.807) is 12.3 Å². The summed E-state index contributed by atoms with van der Waals surface area (Å²) < 4.78 is 5.91. The van der Waals surface area contributed by atoms with Gasteiger partial charge in [-0.2, -0.15) is 0 Å². The second kappa shape index (κ2) is 6.43. The summed E-state index contributed by atoms with van der Waals surface area (Å²) >= 11 is 0. The standard InChI is InChI=1S/C22H19N3O2/c26-22(18-7-5-11-23-21(18)25-12-3-4-13-25)24-15-9-10-17-16-6-1-2-8-19(16)27-20(17)14-15/h1-2,5-11,14H,3-4,12-13H2,(H,24,26). The molecule has 0 unspecified atom stereocenters. The van der Waals surface area contributed by atoms with Gasteiger partial charge >= 0.3 is 0 Å². The number of fused-ring (bicyclic) bond motifs is 3. The number of carbonyl (C=O) groups excluding carboxylic acids is 1. The molecule has 0 spiro atoms. The molecule has 3 heterocycles. The van der Waals surface area contributed by atoms with Crippen LogP contribution in [0.25, 0.3) is 21.9 Å². The molecule has 0 radical (unpaired) electrons. The first kappa shape index (κ1) is 15.9. The molecule has 27 heavy (non-hydrogen) atoms. The van der Waals surface area contributed by atoms with Gasteiger partial charge in [0.2, 0.25) is 0 Å². The molecule has 134 valence electrons. The van der Waals surface area contributed by atoms with E-state index in [0.717, 1.165) is 53.7 Å². The quantitative estimate of drug-likeness (QED) is 0.570. The van der Waals surface area contributed by atoms with Gasteiger partial charge in [-0.25, -0.2) is 4.98 Å². The zero-order valence-corrected chi connectivity index (χ0v) is 14.8. The number of anilines is 2. The molecule has 5 heteroatoms. The van der Waals surface area contributed by atoms with E-state index < -0.39 is 0 Å². The molecule has 1 amide bonds. The lowest BCUT2D eigenvalue weighted by atomic mass is 10.1. The van der Waals surface area contributed by atoms with Crippen molar-refractivity contribution in [3.8, 4) is 0 Å². The van der Waals surface area contributed by atoms with Crippen LogP contribution in [0.2, 0.25) is 0 Å². The molecule has 1 saturated heterocycles. The summed E-state index contributed by atoms with van der Waals surface area (Å²) in [6, 6.07) is 17.3. The van der Waals surface area contributed by atoms with Crippen LogP contribution in [0.15, 0.2) is 65.2 Å². The number of furan rings is 1. The summed E-state index contributed by atoms with van der Waals surface area (Å²) in [5, 5.41) is 5.11. The van der Waals surface area contributed by atoms with Crippen LogP contribution in [0.1, 0.15) is 23.2 Å². The van der Waals surface area contributed by atoms with Crippen LogP contribution in [-0.4, -0.2) is 24.0 Å². The predicted molar refractivity (Wildman–Crippen MR) is 107 cm³/mol. The minimum Gasteiger partial charge on any atom is -0.456 e. The molecular weight excluding hydrogens is 338 g/mol. The molecule has 0 atom stereocenters. The van der Waals surface area contributed by atoms with Crippen molar-refractivity contribution in [1.82, 2.24) is 4.98 Å². The zero-order chi connectivity index (χ0) is 18.2. The first-order chi connectivity index (χ1) is 13.3. The van der Waals surface area contributed by atoms with Gasteiger partial charge in [-0.3, -0.25) is 4.79 Å². The van der Waals surface area contributed by atoms with Crippen molar-refractivity contribution in [3.63, 3.8) is 0 Å². The predicted octanol–water partition coefficient (Wildman–Crippen LogP) is 4.83. The Bertz CT molecular complexity index is 1140. The van der Waals surface area contributed by atoms with Crippen LogP contribution in [0.3, 0.4) is 0 Å². The lowest BCUT2D eigenvalue weighted by Crippen LogP contribution is -2.24. The first-order valence-corrected chi connectivity index (χ1v) is 9.22. The van der Waals surface area contributed by atoms with Crippen molar-refractivity contribution in [2.45, 2.75) is 12.8 Å². The molecule has 1 N–H and O–H groups in total. The maximum Gasteiger partial charge on any atom is 0.259 e. The molecule has 1 aliphatic rings. The van der Waals surface area contributed by atoms with E-state index >= 15 is 0 Å². The summed E-state index contributed by atoms with van der Waals surface area (Å²) in [6.07, 6.45) is 4.02. The maximum atomic E-state index is 12.9. The second-order valence-electron chi connectivity index (χ2n) is 6.83. The maximum absolute atomic E-state index is 12.9. The minimum atomic E-state index is -0.152. The largest absolute Gasteiger partial charge is 0.456 e. The van der Waals surface area contributed by atoms with Crippen molar-refractivity contribution >= 4 is 39.4 Å². The van der Waals surface area contributed by atoms with E-state index in [1.807, 2.05) is 48.5 Å². The fourth-order valence-electron chi connectivity index (χ4n) is 3.76. The highest BCUT2D eigenvalue weighted by Gasteiger charge is 2.20. The first-order valence-electron chi connectivity index (χ1n) is 9.22. The van der Waals surface area contributed by atoms with Crippen molar-refractivity contribution in [1.29, 1.82) is 0 Å². The Kier molecular flexibility index (Phi) is 3.78. The van der Waals surface area contributed by atoms with E-state index in [1.165, 1.54) is 0 Å². The fourth-order valence-corrected chi connectivity index (χ4v) is 3.76. The Labute approximate surface area is 156 Å². The van der Waals surface area contributed by atoms with Gasteiger partial charge in [0.05, 0.1) is 5.56 Å². The fraction of sp³-hybridized carbons (Fsp3) is 0.182. The SMILES string of the molecule is O=C(Nc1ccc2c(c1)oc1ccccc12)c1cccnc1N1CCCC1. The third-order valence-electron chi connectivity index (χ3n) is 5.07. The van der Waals surface area contributed by atoms with Gasteiger partial charge in [0.25, 0.3) is 5.91 Å². The van der Waals surface area contributed by atoms with Crippen LogP contribution in [0.5, 0.6) is 0 Å². The van der Waals surface area contributed by atoms with Crippen LogP contribution in [-0.2, 0) is 0 Å². The Morgan fingerprint density at radius 3 is 2.67 bits per heavy atom. The Morgan fingerprint density at radius 1 is 0.963 bits per heavy atom. The van der Waals surface area contributed by atoms with Gasteiger partial charge in [0.15, 0.2) is 0 Å². The van der Waals surface area contributed by atoms with Crippen molar-refractivity contribution in [2.24, 2.45) is 0 Å². The Hall–Kier alpha value is -3.34. The molecular formula is C22H19N3O2. The highest BCUT2D eigenvalue weighted by Crippen LogP contribution is 2.31. The van der Waals surface area contributed by atoms with Gasteiger partial charge in [0.1, 0.15) is 17.0 Å². The zero-order valence-electron chi connectivity index (χ0n) is 14.8. The molecule has 1 fully saturated rings. The van der Waals surface area contributed by atoms with Gasteiger partial charge in [0, 0.05) is 41.8 Å². The van der Waals surface area contributed by atoms with Crippen molar-refractivity contribution in [2.75, 3.05) is 23.3 Å². The summed E-state index contributed by atoms with van der Waals surface area (Å²) in [4.78, 5) is 19.5. The van der Waals surface area contributed by atoms with Crippen LogP contribution in [0, 0.1) is 0 Å². The van der Waals surface area contributed by atoms with Crippen molar-refractivity contribution in [3.05, 3.63) is 66.4 Å². The van der Waals surface area contributed by atoms with Gasteiger partial charge in [-0.05, 0) is 43.2 Å². The summed E-state index contributed by atoms with van der Waals surface area (Å²) in [6.45, 7) is 1.89. The number of para-hydroxylation sites is 1. The van der Waals surface area contributed by atoms with Gasteiger partial charge in [-0.15, -0.1) is 0 Å². The van der Waals surface area contributed by atoms with Crippen LogP contribution < -0.4 is 10.2 Å². The lowest BCUT2D eigenvalue weighted by molar-refractivity contribution is 0.102. The molecule has 1 aliphatic heterocycles. The molecule has 4 aromatic rings. The highest BCUT2D eigenvalue weighted by atomic mass is 16.3. The average Bonchev–Trinajstić information content (AvgIpc) is 3.35. The van der Waals surface area contributed by atoms with Crippen LogP contribution in [0.4, 0.5) is 11.5 Å². The number of amides is 1. The van der Waals surface area contributed by atoms with E-state index in [4.69, 9.17) is 4.42 Å². The second-order valence-corrected chi connectivity index (χ2v) is 6.83. The third-order valence-corrected chi connectivity index (χ3v) is 5.07. The number of nitrogens with zero attached hydrogens (tertiary/aromatic N) is 2. The number of aromatic nitrogens is 1. The monoisotopic (exact) mass is 357 g/mol. The highest BCUT2D eigenvalue weighted by molar-refractivity contribution is 6.10. The lowest BCUT2D eigenvalue weighted by Gasteiger charge is -2.19. The number of hydrogen-bond donors (Lipinski definition) is 1. The molecule has 5 nitrogen and oxygen atoms in total. The molecule has 0 saturated carbocycles. The summed E-state index contributed by atoms with van der Waals surface area (Å²) in [5.74, 6) is 0.609. The third kappa shape index (κ3) is 2.81. The van der Waals surface area contributed by atoms with E-state index in [9.17, 15) is 4.79 Å². The normalized spacial score (nSPS) is 14.1. The van der Waals surface area contributed by atoms with E-state index in [0.29, 0.717) is 11.3 Å². The van der Waals surface area contributed by atoms with Gasteiger partial charge in [-0.1, -0.05) is 18.2 Å². The number of hydrogen-bond acceptors (Lipinski definition) is 4. The number of nitrogens with one attached hydrogen (secondary N) is 1. The summed E-state index contributed by atoms with van der Waals surface area (Å²) in [5.41, 5.74) is 2.92. The number of carbonyl (C=O) groups is 1. The molecule has 2 aromatic heterocycles. The number of benzene rings is 2.